The lowest BCUT2D eigenvalue weighted by molar-refractivity contribution is -0.131. The summed E-state index contributed by atoms with van der Waals surface area (Å²) >= 11 is 0. The van der Waals surface area contributed by atoms with Crippen molar-refractivity contribution in [2.75, 3.05) is 13.7 Å². The lowest BCUT2D eigenvalue weighted by Gasteiger charge is -2.32. The first-order chi connectivity index (χ1) is 12.1. The van der Waals surface area contributed by atoms with E-state index in [2.05, 4.69) is 6.92 Å². The second-order valence-corrected chi connectivity index (χ2v) is 8.41. The minimum Gasteiger partial charge on any atom is -0.496 e. The van der Waals surface area contributed by atoms with Crippen molar-refractivity contribution in [1.29, 1.82) is 0 Å². The van der Waals surface area contributed by atoms with Gasteiger partial charge in [0.1, 0.15) is 5.75 Å². The molecule has 2 fully saturated rings. The van der Waals surface area contributed by atoms with Crippen molar-refractivity contribution in [3.8, 4) is 5.75 Å². The van der Waals surface area contributed by atoms with E-state index in [0.717, 1.165) is 30.4 Å². The monoisotopic (exact) mass is 359 g/mol. The fourth-order valence-electron chi connectivity index (χ4n) is 3.60. The van der Waals surface area contributed by atoms with Gasteiger partial charge in [0.2, 0.25) is 5.91 Å². The lowest BCUT2D eigenvalue weighted by atomic mass is 9.78. The van der Waals surface area contributed by atoms with Gasteiger partial charge in [-0.2, -0.15) is 0 Å². The number of rotatable bonds is 4. The molecular formula is C20H30BNO4. The van der Waals surface area contributed by atoms with Gasteiger partial charge in [-0.3, -0.25) is 4.79 Å². The van der Waals surface area contributed by atoms with E-state index in [1.54, 1.807) is 7.11 Å². The van der Waals surface area contributed by atoms with Gasteiger partial charge in [-0.1, -0.05) is 12.1 Å². The van der Waals surface area contributed by atoms with Crippen LogP contribution in [0.3, 0.4) is 0 Å². The lowest BCUT2D eigenvalue weighted by Crippen LogP contribution is -2.41. The average molecular weight is 359 g/mol. The standard InChI is InChI=1S/C20H30BNO4/c1-14-8-7-11-22(14)18(23)12-15-9-10-16(13-17(15)24-6)21-25-19(2,3)20(4,5)26-21/h9-10,13-14H,7-8,11-12H2,1-6H3. The van der Waals surface area contributed by atoms with E-state index in [1.807, 2.05) is 50.8 Å². The zero-order chi connectivity index (χ0) is 19.1. The first kappa shape index (κ1) is 19.2. The van der Waals surface area contributed by atoms with E-state index >= 15 is 0 Å². The number of benzene rings is 1. The van der Waals surface area contributed by atoms with E-state index in [-0.39, 0.29) is 17.1 Å². The second kappa shape index (κ2) is 6.89. The molecule has 1 amide bonds. The molecule has 0 saturated carbocycles. The first-order valence-corrected chi connectivity index (χ1v) is 9.46. The molecule has 2 aliphatic heterocycles. The predicted octanol–water partition coefficient (Wildman–Crippen LogP) is 2.55. The molecule has 6 heteroatoms. The minimum atomic E-state index is -0.433. The van der Waals surface area contributed by atoms with E-state index in [9.17, 15) is 4.79 Å². The van der Waals surface area contributed by atoms with Gasteiger partial charge in [-0.25, -0.2) is 0 Å². The fourth-order valence-corrected chi connectivity index (χ4v) is 3.60. The van der Waals surface area contributed by atoms with Crippen molar-refractivity contribution in [2.24, 2.45) is 0 Å². The Morgan fingerprint density at radius 1 is 1.27 bits per heavy atom. The van der Waals surface area contributed by atoms with Crippen LogP contribution in [-0.2, 0) is 20.5 Å². The number of hydrogen-bond donors (Lipinski definition) is 0. The molecular weight excluding hydrogens is 329 g/mol. The Morgan fingerprint density at radius 3 is 2.46 bits per heavy atom. The molecule has 2 heterocycles. The number of carbonyl (C=O) groups excluding carboxylic acids is 1. The summed E-state index contributed by atoms with van der Waals surface area (Å²) in [4.78, 5) is 14.6. The third kappa shape index (κ3) is 3.49. The number of ether oxygens (including phenoxy) is 1. The van der Waals surface area contributed by atoms with Gasteiger partial charge < -0.3 is 18.9 Å². The largest absolute Gasteiger partial charge is 0.496 e. The van der Waals surface area contributed by atoms with Crippen LogP contribution in [0.5, 0.6) is 5.75 Å². The zero-order valence-electron chi connectivity index (χ0n) is 16.8. The number of amides is 1. The normalized spacial score (nSPS) is 24.2. The van der Waals surface area contributed by atoms with Crippen LogP contribution >= 0.6 is 0 Å². The molecule has 1 unspecified atom stereocenters. The number of hydrogen-bond acceptors (Lipinski definition) is 4. The number of carbonyl (C=O) groups is 1. The van der Waals surface area contributed by atoms with Crippen LogP contribution < -0.4 is 10.2 Å². The highest BCUT2D eigenvalue weighted by atomic mass is 16.7. The molecule has 3 rings (SSSR count). The number of nitrogens with zero attached hydrogens (tertiary/aromatic N) is 1. The van der Waals surface area contributed by atoms with Crippen LogP contribution in [0.1, 0.15) is 53.0 Å². The third-order valence-electron chi connectivity index (χ3n) is 6.05. The fraction of sp³-hybridized carbons (Fsp3) is 0.650. The summed E-state index contributed by atoms with van der Waals surface area (Å²) in [6.45, 7) is 11.1. The smallest absolute Gasteiger partial charge is 0.494 e. The quantitative estimate of drug-likeness (QED) is 0.776. The molecule has 0 aliphatic carbocycles. The SMILES string of the molecule is COc1cc(B2OC(C)(C)C(C)(C)O2)ccc1CC(=O)N1CCCC1C. The third-order valence-corrected chi connectivity index (χ3v) is 6.05. The van der Waals surface area contributed by atoms with E-state index < -0.39 is 7.12 Å². The molecule has 1 aromatic carbocycles. The molecule has 2 saturated heterocycles. The molecule has 0 N–H and O–H groups in total. The summed E-state index contributed by atoms with van der Waals surface area (Å²) < 4.78 is 17.8. The van der Waals surface area contributed by atoms with Crippen molar-refractivity contribution in [1.82, 2.24) is 4.90 Å². The van der Waals surface area contributed by atoms with Crippen LogP contribution in [0, 0.1) is 0 Å². The van der Waals surface area contributed by atoms with E-state index in [0.29, 0.717) is 18.2 Å². The van der Waals surface area contributed by atoms with Crippen molar-refractivity contribution >= 4 is 18.5 Å². The molecule has 1 atom stereocenters. The van der Waals surface area contributed by atoms with Gasteiger partial charge in [0.25, 0.3) is 0 Å². The number of likely N-dealkylation sites (tertiary alicyclic amines) is 1. The zero-order valence-corrected chi connectivity index (χ0v) is 16.8. The van der Waals surface area contributed by atoms with Crippen LogP contribution in [0.2, 0.25) is 0 Å². The maximum absolute atomic E-state index is 12.6. The molecule has 2 aliphatic rings. The van der Waals surface area contributed by atoms with Crippen LogP contribution in [-0.4, -0.2) is 48.8 Å². The molecule has 1 aromatic rings. The van der Waals surface area contributed by atoms with Crippen LogP contribution in [0.15, 0.2) is 18.2 Å². The Kier molecular flexibility index (Phi) is 5.10. The molecule has 0 aromatic heterocycles. The Labute approximate surface area is 157 Å². The molecule has 0 radical (unpaired) electrons. The first-order valence-electron chi connectivity index (χ1n) is 9.46. The minimum absolute atomic E-state index is 0.164. The summed E-state index contributed by atoms with van der Waals surface area (Å²) in [5, 5.41) is 0. The van der Waals surface area contributed by atoms with Crippen molar-refractivity contribution in [2.45, 2.75) is 71.1 Å². The predicted molar refractivity (Wildman–Crippen MR) is 103 cm³/mol. The van der Waals surface area contributed by atoms with Crippen LogP contribution in [0.25, 0.3) is 0 Å². The van der Waals surface area contributed by atoms with E-state index in [4.69, 9.17) is 14.0 Å². The Morgan fingerprint density at radius 2 is 1.92 bits per heavy atom. The second-order valence-electron chi connectivity index (χ2n) is 8.41. The van der Waals surface area contributed by atoms with Crippen molar-refractivity contribution in [3.63, 3.8) is 0 Å². The van der Waals surface area contributed by atoms with E-state index in [1.165, 1.54) is 0 Å². The van der Waals surface area contributed by atoms with Gasteiger partial charge in [0, 0.05) is 18.2 Å². The Hall–Kier alpha value is -1.53. The summed E-state index contributed by atoms with van der Waals surface area (Å²) in [6.07, 6.45) is 2.53. The summed E-state index contributed by atoms with van der Waals surface area (Å²) in [5.41, 5.74) is 1.04. The van der Waals surface area contributed by atoms with Crippen molar-refractivity contribution < 1.29 is 18.8 Å². The topological polar surface area (TPSA) is 48.0 Å². The molecule has 142 valence electrons. The number of methoxy groups -OCH3 is 1. The molecule has 0 bridgehead atoms. The average Bonchev–Trinajstić information content (AvgIpc) is 3.08. The summed E-state index contributed by atoms with van der Waals surface area (Å²) in [5.74, 6) is 0.870. The van der Waals surface area contributed by atoms with Gasteiger partial charge >= 0.3 is 7.12 Å². The molecule has 26 heavy (non-hydrogen) atoms. The summed E-state index contributed by atoms with van der Waals surface area (Å²) in [7, 11) is 1.20. The highest BCUT2D eigenvalue weighted by Gasteiger charge is 2.51. The molecule has 0 spiro atoms. The van der Waals surface area contributed by atoms with Crippen molar-refractivity contribution in [3.05, 3.63) is 23.8 Å². The Bertz CT molecular complexity index is 672. The van der Waals surface area contributed by atoms with Gasteiger partial charge in [-0.05, 0) is 59.0 Å². The maximum atomic E-state index is 12.6. The van der Waals surface area contributed by atoms with Crippen LogP contribution in [0.4, 0.5) is 0 Å². The van der Waals surface area contributed by atoms with Gasteiger partial charge in [0.15, 0.2) is 0 Å². The molecule has 5 nitrogen and oxygen atoms in total. The highest BCUT2D eigenvalue weighted by Crippen LogP contribution is 2.36. The summed E-state index contributed by atoms with van der Waals surface area (Å²) in [6, 6.07) is 6.19. The highest BCUT2D eigenvalue weighted by molar-refractivity contribution is 6.62. The maximum Gasteiger partial charge on any atom is 0.494 e. The Balaban J connectivity index is 1.77. The van der Waals surface area contributed by atoms with Gasteiger partial charge in [-0.15, -0.1) is 0 Å². The van der Waals surface area contributed by atoms with Gasteiger partial charge in [0.05, 0.1) is 24.7 Å².